The van der Waals surface area contributed by atoms with Crippen LogP contribution in [-0.4, -0.2) is 50.2 Å². The first-order chi connectivity index (χ1) is 12.5. The maximum atomic E-state index is 11.7. The van der Waals surface area contributed by atoms with Crippen LogP contribution in [0, 0.1) is 0 Å². The molecule has 1 amide bonds. The van der Waals surface area contributed by atoms with E-state index in [2.05, 4.69) is 31.1 Å². The molecule has 0 unspecified atom stereocenters. The number of hydrogen-bond acceptors (Lipinski definition) is 4. The minimum absolute atomic E-state index is 0.0204. The highest BCUT2D eigenvalue weighted by molar-refractivity contribution is 9.10. The Labute approximate surface area is 157 Å². The van der Waals surface area contributed by atoms with Crippen LogP contribution in [0.3, 0.4) is 0 Å². The molecule has 0 radical (unpaired) electrons. The SMILES string of the molecule is CC(=O)N1CC(c2cnc3n[nH]c(C(=O)O)c3c2-c2cccc(Br)c2)C1. The number of fused-ring (bicyclic) bond motifs is 1. The number of nitrogens with one attached hydrogen (secondary N) is 1. The van der Waals surface area contributed by atoms with E-state index in [1.54, 1.807) is 18.0 Å². The number of aromatic amines is 1. The van der Waals surface area contributed by atoms with E-state index in [1.165, 1.54) is 0 Å². The average Bonchev–Trinajstić information content (AvgIpc) is 2.97. The van der Waals surface area contributed by atoms with Gasteiger partial charge in [0.2, 0.25) is 5.91 Å². The minimum Gasteiger partial charge on any atom is -0.477 e. The number of H-pyrrole nitrogens is 1. The third-order valence-corrected chi connectivity index (χ3v) is 5.20. The van der Waals surface area contributed by atoms with Crippen molar-refractivity contribution in [3.05, 3.63) is 46.2 Å². The number of aromatic carboxylic acids is 1. The summed E-state index contributed by atoms with van der Waals surface area (Å²) in [6, 6.07) is 7.69. The molecule has 1 aromatic carbocycles. The van der Waals surface area contributed by atoms with Crippen molar-refractivity contribution >= 4 is 38.8 Å². The summed E-state index contributed by atoms with van der Waals surface area (Å²) in [5.74, 6) is -0.933. The summed E-state index contributed by atoms with van der Waals surface area (Å²) in [6.07, 6.45) is 1.74. The largest absolute Gasteiger partial charge is 0.477 e. The number of likely N-dealkylation sites (tertiary alicyclic amines) is 1. The molecule has 2 N–H and O–H groups in total. The Balaban J connectivity index is 1.94. The second-order valence-electron chi connectivity index (χ2n) is 6.32. The molecule has 7 nitrogen and oxygen atoms in total. The van der Waals surface area contributed by atoms with Gasteiger partial charge in [0.05, 0.1) is 5.39 Å². The van der Waals surface area contributed by atoms with E-state index in [4.69, 9.17) is 0 Å². The van der Waals surface area contributed by atoms with Crippen molar-refractivity contribution in [2.24, 2.45) is 0 Å². The van der Waals surface area contributed by atoms with Gasteiger partial charge in [-0.3, -0.25) is 9.89 Å². The van der Waals surface area contributed by atoms with Crippen LogP contribution in [0.1, 0.15) is 28.9 Å². The normalized spacial score (nSPS) is 14.5. The lowest BCUT2D eigenvalue weighted by atomic mass is 9.85. The lowest BCUT2D eigenvalue weighted by Gasteiger charge is -2.39. The number of amides is 1. The predicted molar refractivity (Wildman–Crippen MR) is 99.0 cm³/mol. The van der Waals surface area contributed by atoms with E-state index in [1.807, 2.05) is 24.3 Å². The zero-order chi connectivity index (χ0) is 18.4. The van der Waals surface area contributed by atoms with Gasteiger partial charge in [-0.05, 0) is 23.3 Å². The molecule has 2 aromatic heterocycles. The summed E-state index contributed by atoms with van der Waals surface area (Å²) >= 11 is 3.47. The molecule has 132 valence electrons. The third kappa shape index (κ3) is 2.66. The van der Waals surface area contributed by atoms with Gasteiger partial charge < -0.3 is 10.0 Å². The molecule has 3 aromatic rings. The first-order valence-electron chi connectivity index (χ1n) is 8.07. The van der Waals surface area contributed by atoms with Gasteiger partial charge in [0.15, 0.2) is 11.3 Å². The highest BCUT2D eigenvalue weighted by Crippen LogP contribution is 2.39. The summed E-state index contributed by atoms with van der Waals surface area (Å²) in [6.45, 7) is 2.75. The standard InChI is InChI=1S/C18H15BrN4O3/c1-9(24)23-7-11(8-23)13-6-20-17-15(16(18(25)26)21-22-17)14(13)10-3-2-4-12(19)5-10/h2-6,11H,7-8H2,1H3,(H,25,26)(H,20,21,22). The van der Waals surface area contributed by atoms with Gasteiger partial charge in [0.1, 0.15) is 0 Å². The summed E-state index contributed by atoms with van der Waals surface area (Å²) in [4.78, 5) is 29.3. The fourth-order valence-electron chi connectivity index (χ4n) is 3.35. The second kappa shape index (κ2) is 6.21. The van der Waals surface area contributed by atoms with Gasteiger partial charge in [0, 0.05) is 42.2 Å². The molecule has 1 aliphatic rings. The number of aromatic nitrogens is 3. The Bertz CT molecular complexity index is 1040. The molecule has 0 atom stereocenters. The molecule has 8 heteroatoms. The Hall–Kier alpha value is -2.74. The van der Waals surface area contributed by atoms with Gasteiger partial charge in [0.25, 0.3) is 0 Å². The number of nitrogens with zero attached hydrogens (tertiary/aromatic N) is 3. The Morgan fingerprint density at radius 2 is 2.12 bits per heavy atom. The smallest absolute Gasteiger partial charge is 0.354 e. The molecule has 26 heavy (non-hydrogen) atoms. The zero-order valence-electron chi connectivity index (χ0n) is 13.9. The van der Waals surface area contributed by atoms with E-state index >= 15 is 0 Å². The molecule has 1 saturated heterocycles. The van der Waals surface area contributed by atoms with E-state index < -0.39 is 5.97 Å². The number of rotatable bonds is 3. The van der Waals surface area contributed by atoms with Crippen LogP contribution >= 0.6 is 15.9 Å². The number of benzene rings is 1. The van der Waals surface area contributed by atoms with Gasteiger partial charge in [-0.2, -0.15) is 5.10 Å². The van der Waals surface area contributed by atoms with E-state index in [9.17, 15) is 14.7 Å². The summed E-state index contributed by atoms with van der Waals surface area (Å²) < 4.78 is 0.894. The Kier molecular flexibility index (Phi) is 3.99. The molecule has 4 rings (SSSR count). The van der Waals surface area contributed by atoms with Gasteiger partial charge in [-0.15, -0.1) is 0 Å². The monoisotopic (exact) mass is 414 g/mol. The lowest BCUT2D eigenvalue weighted by Crippen LogP contribution is -2.47. The maximum Gasteiger partial charge on any atom is 0.354 e. The highest BCUT2D eigenvalue weighted by Gasteiger charge is 2.33. The second-order valence-corrected chi connectivity index (χ2v) is 7.24. The molecule has 0 aliphatic carbocycles. The van der Waals surface area contributed by atoms with Crippen LogP contribution in [0.25, 0.3) is 22.2 Å². The minimum atomic E-state index is -1.08. The van der Waals surface area contributed by atoms with Gasteiger partial charge in [-0.25, -0.2) is 9.78 Å². The first kappa shape index (κ1) is 16.7. The molecule has 0 spiro atoms. The fourth-order valence-corrected chi connectivity index (χ4v) is 3.75. The third-order valence-electron chi connectivity index (χ3n) is 4.71. The van der Waals surface area contributed by atoms with E-state index in [0.717, 1.165) is 21.2 Å². The Morgan fingerprint density at radius 1 is 1.35 bits per heavy atom. The van der Waals surface area contributed by atoms with Crippen LogP contribution in [0.4, 0.5) is 0 Å². The van der Waals surface area contributed by atoms with Crippen molar-refractivity contribution in [2.75, 3.05) is 13.1 Å². The first-order valence-corrected chi connectivity index (χ1v) is 8.86. The number of carboxylic acid groups (broad SMARTS) is 1. The van der Waals surface area contributed by atoms with Gasteiger partial charge >= 0.3 is 5.97 Å². The topological polar surface area (TPSA) is 99.2 Å². The fraction of sp³-hybridized carbons (Fsp3) is 0.222. The molecule has 0 saturated carbocycles. The van der Waals surface area contributed by atoms with Gasteiger partial charge in [-0.1, -0.05) is 28.1 Å². The van der Waals surface area contributed by atoms with Crippen molar-refractivity contribution in [3.8, 4) is 11.1 Å². The van der Waals surface area contributed by atoms with Crippen LogP contribution < -0.4 is 0 Å². The van der Waals surface area contributed by atoms with Crippen molar-refractivity contribution in [2.45, 2.75) is 12.8 Å². The summed E-state index contributed by atoms with van der Waals surface area (Å²) in [5, 5.41) is 16.7. The van der Waals surface area contributed by atoms with E-state index in [0.29, 0.717) is 24.1 Å². The summed E-state index contributed by atoms with van der Waals surface area (Å²) in [5.41, 5.74) is 3.00. The molecular formula is C18H15BrN4O3. The number of hydrogen-bond donors (Lipinski definition) is 2. The van der Waals surface area contributed by atoms with Crippen molar-refractivity contribution in [1.29, 1.82) is 0 Å². The maximum absolute atomic E-state index is 11.7. The number of halogens is 1. The number of carboxylic acids is 1. The molecule has 1 aliphatic heterocycles. The molecule has 1 fully saturated rings. The average molecular weight is 415 g/mol. The van der Waals surface area contributed by atoms with Crippen LogP contribution in [0.5, 0.6) is 0 Å². The zero-order valence-corrected chi connectivity index (χ0v) is 15.4. The summed E-state index contributed by atoms with van der Waals surface area (Å²) in [7, 11) is 0. The number of carbonyl (C=O) groups is 2. The van der Waals surface area contributed by atoms with Crippen LogP contribution in [-0.2, 0) is 4.79 Å². The van der Waals surface area contributed by atoms with E-state index in [-0.39, 0.29) is 17.5 Å². The van der Waals surface area contributed by atoms with Crippen LogP contribution in [0.2, 0.25) is 0 Å². The lowest BCUT2D eigenvalue weighted by molar-refractivity contribution is -0.133. The quantitative estimate of drug-likeness (QED) is 0.685. The molecule has 3 heterocycles. The number of pyridine rings is 1. The molecule has 0 bridgehead atoms. The number of carbonyl (C=O) groups excluding carboxylic acids is 1. The van der Waals surface area contributed by atoms with Crippen molar-refractivity contribution in [1.82, 2.24) is 20.1 Å². The van der Waals surface area contributed by atoms with Crippen molar-refractivity contribution < 1.29 is 14.7 Å². The molecular weight excluding hydrogens is 400 g/mol. The van der Waals surface area contributed by atoms with Crippen molar-refractivity contribution in [3.63, 3.8) is 0 Å². The van der Waals surface area contributed by atoms with Crippen LogP contribution in [0.15, 0.2) is 34.9 Å². The highest BCUT2D eigenvalue weighted by atomic mass is 79.9. The predicted octanol–water partition coefficient (Wildman–Crippen LogP) is 3.03. The Morgan fingerprint density at radius 3 is 2.77 bits per heavy atom.